The fourth-order valence-corrected chi connectivity index (χ4v) is 6.79. The number of nitrogens with zero attached hydrogens (tertiary/aromatic N) is 3. The van der Waals surface area contributed by atoms with Crippen LogP contribution in [0.2, 0.25) is 0 Å². The predicted molar refractivity (Wildman–Crippen MR) is 186 cm³/mol. The number of fused-ring (bicyclic) bond motifs is 1. The highest BCUT2D eigenvalue weighted by atomic mass is 16.5. The molecule has 8 heteroatoms. The van der Waals surface area contributed by atoms with E-state index in [2.05, 4.69) is 13.8 Å². The van der Waals surface area contributed by atoms with Crippen LogP contribution in [0.4, 0.5) is 0 Å². The number of unbranched alkanes of at least 4 members (excludes halogenated alkanes) is 2. The Morgan fingerprint density at radius 3 is 2.36 bits per heavy atom. The van der Waals surface area contributed by atoms with Crippen LogP contribution in [0.5, 0.6) is 5.75 Å². The lowest BCUT2D eigenvalue weighted by Gasteiger charge is -2.25. The van der Waals surface area contributed by atoms with Crippen molar-refractivity contribution in [2.45, 2.75) is 77.3 Å². The second-order valence-corrected chi connectivity index (χ2v) is 12.8. The van der Waals surface area contributed by atoms with Gasteiger partial charge in [0.15, 0.2) is 0 Å². The molecule has 2 heterocycles. The van der Waals surface area contributed by atoms with Gasteiger partial charge in [-0.3, -0.25) is 9.59 Å². The third-order valence-electron chi connectivity index (χ3n) is 9.43. The highest BCUT2D eigenvalue weighted by Gasteiger charge is 2.30. The molecule has 0 saturated carbocycles. The standard InChI is InChI=1S/C39H47N3O5/c1-5-7-9-13-27(6-2)36-33-22-19-30(39(45)46)24-34(33)42(25-35(43)40(3)4)37(36)28-17-20-32(21-18-28)47-26-31-16-12-23-41(31)38(44)29-14-10-8-11-15-29/h8,10-11,14-15,17-22,24,27,31H,5-7,9,12-13,16,23,25-26H2,1-4H3,(H,45,46). The summed E-state index contributed by atoms with van der Waals surface area (Å²) in [5.74, 6) is -0.0680. The lowest BCUT2D eigenvalue weighted by molar-refractivity contribution is -0.129. The zero-order chi connectivity index (χ0) is 33.5. The summed E-state index contributed by atoms with van der Waals surface area (Å²) in [5.41, 5.74) is 4.70. The number of carbonyl (C=O) groups is 3. The van der Waals surface area contributed by atoms with Gasteiger partial charge in [-0.1, -0.05) is 57.4 Å². The second kappa shape index (κ2) is 15.3. The third kappa shape index (κ3) is 7.53. The number of aromatic carboxylic acids is 1. The molecule has 47 heavy (non-hydrogen) atoms. The van der Waals surface area contributed by atoms with Crippen molar-refractivity contribution in [3.63, 3.8) is 0 Å². The molecule has 248 valence electrons. The summed E-state index contributed by atoms with van der Waals surface area (Å²) in [7, 11) is 3.48. The van der Waals surface area contributed by atoms with Crippen LogP contribution in [0.25, 0.3) is 22.2 Å². The first-order valence-corrected chi connectivity index (χ1v) is 16.9. The molecule has 2 unspecified atom stereocenters. The molecule has 1 N–H and O–H groups in total. The van der Waals surface area contributed by atoms with Gasteiger partial charge in [0.05, 0.1) is 22.8 Å². The Morgan fingerprint density at radius 1 is 0.957 bits per heavy atom. The van der Waals surface area contributed by atoms with Crippen LogP contribution in [0, 0.1) is 0 Å². The van der Waals surface area contributed by atoms with E-state index < -0.39 is 5.97 Å². The van der Waals surface area contributed by atoms with Crippen molar-refractivity contribution in [1.29, 1.82) is 0 Å². The van der Waals surface area contributed by atoms with E-state index in [0.29, 0.717) is 17.9 Å². The molecule has 2 atom stereocenters. The van der Waals surface area contributed by atoms with Crippen LogP contribution in [0.15, 0.2) is 72.8 Å². The number of carboxylic acid groups (broad SMARTS) is 1. The maximum absolute atomic E-state index is 13.2. The molecule has 0 aliphatic carbocycles. The number of ether oxygens (including phenoxy) is 1. The maximum atomic E-state index is 13.2. The smallest absolute Gasteiger partial charge is 0.335 e. The van der Waals surface area contributed by atoms with Crippen molar-refractivity contribution in [3.8, 4) is 17.0 Å². The number of hydrogen-bond acceptors (Lipinski definition) is 4. The van der Waals surface area contributed by atoms with E-state index in [9.17, 15) is 19.5 Å². The molecular formula is C39H47N3O5. The van der Waals surface area contributed by atoms with E-state index in [1.54, 1.807) is 31.1 Å². The van der Waals surface area contributed by atoms with Crippen LogP contribution in [0.1, 0.15) is 91.0 Å². The van der Waals surface area contributed by atoms with Crippen LogP contribution < -0.4 is 4.74 Å². The molecule has 0 spiro atoms. The predicted octanol–water partition coefficient (Wildman–Crippen LogP) is 7.85. The molecule has 0 bridgehead atoms. The van der Waals surface area contributed by atoms with Gasteiger partial charge in [-0.2, -0.15) is 0 Å². The second-order valence-electron chi connectivity index (χ2n) is 12.8. The monoisotopic (exact) mass is 637 g/mol. The molecule has 8 nitrogen and oxygen atoms in total. The number of likely N-dealkylation sites (N-methyl/N-ethyl adjacent to an activating group) is 1. The number of aromatic nitrogens is 1. The first kappa shape index (κ1) is 33.8. The largest absolute Gasteiger partial charge is 0.491 e. The normalized spacial score (nSPS) is 15.1. The minimum Gasteiger partial charge on any atom is -0.491 e. The summed E-state index contributed by atoms with van der Waals surface area (Å²) < 4.78 is 8.27. The number of benzene rings is 3. The number of carbonyl (C=O) groups excluding carboxylic acids is 2. The van der Waals surface area contributed by atoms with Gasteiger partial charge >= 0.3 is 5.97 Å². The van der Waals surface area contributed by atoms with Crippen molar-refractivity contribution in [2.75, 3.05) is 27.2 Å². The van der Waals surface area contributed by atoms with Gasteiger partial charge in [0, 0.05) is 31.6 Å². The van der Waals surface area contributed by atoms with Crippen LogP contribution >= 0.6 is 0 Å². The summed E-state index contributed by atoms with van der Waals surface area (Å²) in [6.07, 6.45) is 7.17. The Balaban J connectivity index is 1.49. The van der Waals surface area contributed by atoms with E-state index in [-0.39, 0.29) is 35.9 Å². The molecule has 4 aromatic rings. The molecule has 0 radical (unpaired) electrons. The van der Waals surface area contributed by atoms with Crippen molar-refractivity contribution in [2.24, 2.45) is 0 Å². The van der Waals surface area contributed by atoms with Gasteiger partial charge in [-0.25, -0.2) is 4.79 Å². The average molecular weight is 638 g/mol. The summed E-state index contributed by atoms with van der Waals surface area (Å²) in [6.45, 7) is 5.63. The lowest BCUT2D eigenvalue weighted by atomic mass is 9.87. The van der Waals surface area contributed by atoms with Crippen molar-refractivity contribution < 1.29 is 24.2 Å². The van der Waals surface area contributed by atoms with Gasteiger partial charge < -0.3 is 24.2 Å². The number of amides is 2. The van der Waals surface area contributed by atoms with Gasteiger partial charge in [-0.05, 0) is 91.3 Å². The van der Waals surface area contributed by atoms with E-state index in [1.165, 1.54) is 0 Å². The third-order valence-corrected chi connectivity index (χ3v) is 9.43. The van der Waals surface area contributed by atoms with E-state index in [1.807, 2.05) is 70.1 Å². The van der Waals surface area contributed by atoms with Gasteiger partial charge in [0.1, 0.15) is 18.9 Å². The first-order chi connectivity index (χ1) is 22.7. The summed E-state index contributed by atoms with van der Waals surface area (Å²) in [4.78, 5) is 41.9. The Labute approximate surface area is 277 Å². The van der Waals surface area contributed by atoms with E-state index in [0.717, 1.165) is 79.2 Å². The van der Waals surface area contributed by atoms with Crippen molar-refractivity contribution in [3.05, 3.63) is 89.5 Å². The summed E-state index contributed by atoms with van der Waals surface area (Å²) in [5, 5.41) is 10.8. The SMILES string of the molecule is CCCCCC(CC)c1c(-c2ccc(OCC3CCCN3C(=O)c3ccccc3)cc2)n(CC(=O)N(C)C)c2cc(C(=O)O)ccc12. The summed E-state index contributed by atoms with van der Waals surface area (Å²) >= 11 is 0. The Hall–Kier alpha value is -4.59. The fourth-order valence-electron chi connectivity index (χ4n) is 6.79. The molecule has 1 saturated heterocycles. The maximum Gasteiger partial charge on any atom is 0.335 e. The topological polar surface area (TPSA) is 92.1 Å². The molecule has 1 aliphatic rings. The minimum atomic E-state index is -0.996. The first-order valence-electron chi connectivity index (χ1n) is 16.9. The van der Waals surface area contributed by atoms with Gasteiger partial charge in [0.25, 0.3) is 5.91 Å². The van der Waals surface area contributed by atoms with Crippen LogP contribution in [-0.2, 0) is 11.3 Å². The molecule has 1 aliphatic heterocycles. The van der Waals surface area contributed by atoms with Crippen molar-refractivity contribution >= 4 is 28.7 Å². The van der Waals surface area contributed by atoms with Crippen LogP contribution in [0.3, 0.4) is 0 Å². The highest BCUT2D eigenvalue weighted by Crippen LogP contribution is 2.42. The van der Waals surface area contributed by atoms with Gasteiger partial charge in [-0.15, -0.1) is 0 Å². The molecule has 1 fully saturated rings. The molecule has 3 aromatic carbocycles. The average Bonchev–Trinajstić information content (AvgIpc) is 3.68. The summed E-state index contributed by atoms with van der Waals surface area (Å²) in [6, 6.07) is 22.6. The van der Waals surface area contributed by atoms with Crippen LogP contribution in [-0.4, -0.2) is 70.5 Å². The molecule has 5 rings (SSSR count). The molecular weight excluding hydrogens is 590 g/mol. The number of carboxylic acids is 1. The number of rotatable bonds is 14. The Morgan fingerprint density at radius 2 is 1.70 bits per heavy atom. The minimum absolute atomic E-state index is 0.00502. The lowest BCUT2D eigenvalue weighted by Crippen LogP contribution is -2.39. The number of hydrogen-bond donors (Lipinski definition) is 1. The van der Waals surface area contributed by atoms with Gasteiger partial charge in [0.2, 0.25) is 5.91 Å². The molecule has 1 aromatic heterocycles. The zero-order valence-electron chi connectivity index (χ0n) is 28.1. The fraction of sp³-hybridized carbons (Fsp3) is 0.410. The Kier molecular flexibility index (Phi) is 11.0. The number of likely N-dealkylation sites (tertiary alicyclic amines) is 1. The van der Waals surface area contributed by atoms with E-state index >= 15 is 0 Å². The van der Waals surface area contributed by atoms with E-state index in [4.69, 9.17) is 4.74 Å². The quantitative estimate of drug-likeness (QED) is 0.142. The van der Waals surface area contributed by atoms with Crippen molar-refractivity contribution in [1.82, 2.24) is 14.4 Å². The Bertz CT molecular complexity index is 1690. The zero-order valence-corrected chi connectivity index (χ0v) is 28.1. The molecule has 2 amide bonds. The highest BCUT2D eigenvalue weighted by molar-refractivity contribution is 5.99.